The average molecular weight is 368 g/mol. The summed E-state index contributed by atoms with van der Waals surface area (Å²) in [7, 11) is 0. The van der Waals surface area contributed by atoms with Gasteiger partial charge in [-0.2, -0.15) is 0 Å². The molecule has 0 unspecified atom stereocenters. The number of fused-ring (bicyclic) bond motifs is 1. The number of hydrogen-bond donors (Lipinski definition) is 2. The zero-order valence-electron chi connectivity index (χ0n) is 14.0. The van der Waals surface area contributed by atoms with E-state index in [1.807, 2.05) is 12.1 Å². The van der Waals surface area contributed by atoms with Gasteiger partial charge in [0, 0.05) is 5.69 Å². The van der Waals surface area contributed by atoms with Crippen LogP contribution in [0.4, 0.5) is 10.1 Å². The lowest BCUT2D eigenvalue weighted by molar-refractivity contribution is -0.113. The number of rotatable bonds is 5. The SMILES string of the molecule is O=C(CSc1n[nH]c(-c2ccccc2F)n1)Nc1ccc2c(c1)CCC2. The van der Waals surface area contributed by atoms with Crippen LogP contribution in [0.25, 0.3) is 11.4 Å². The van der Waals surface area contributed by atoms with Crippen molar-refractivity contribution in [1.29, 1.82) is 0 Å². The monoisotopic (exact) mass is 368 g/mol. The number of halogens is 1. The van der Waals surface area contributed by atoms with Crippen LogP contribution in [-0.2, 0) is 17.6 Å². The van der Waals surface area contributed by atoms with Crippen LogP contribution < -0.4 is 5.32 Å². The van der Waals surface area contributed by atoms with Crippen molar-refractivity contribution in [3.8, 4) is 11.4 Å². The smallest absolute Gasteiger partial charge is 0.234 e. The van der Waals surface area contributed by atoms with Crippen LogP contribution in [0.15, 0.2) is 47.6 Å². The molecule has 5 nitrogen and oxygen atoms in total. The fourth-order valence-corrected chi connectivity index (χ4v) is 3.66. The summed E-state index contributed by atoms with van der Waals surface area (Å²) in [6.45, 7) is 0. The second-order valence-corrected chi connectivity index (χ2v) is 7.06. The van der Waals surface area contributed by atoms with E-state index in [1.165, 1.54) is 35.4 Å². The Morgan fingerprint density at radius 2 is 2.04 bits per heavy atom. The number of nitrogens with one attached hydrogen (secondary N) is 2. The number of H-pyrrole nitrogens is 1. The summed E-state index contributed by atoms with van der Waals surface area (Å²) in [5, 5.41) is 10.1. The quantitative estimate of drug-likeness (QED) is 0.672. The minimum atomic E-state index is -0.366. The van der Waals surface area contributed by atoms with Gasteiger partial charge >= 0.3 is 0 Å². The van der Waals surface area contributed by atoms with E-state index in [1.54, 1.807) is 18.2 Å². The van der Waals surface area contributed by atoms with Crippen molar-refractivity contribution in [2.75, 3.05) is 11.1 Å². The molecule has 0 radical (unpaired) electrons. The number of carbonyl (C=O) groups excluding carboxylic acids is 1. The highest BCUT2D eigenvalue weighted by Crippen LogP contribution is 2.25. The van der Waals surface area contributed by atoms with Gasteiger partial charge in [-0.05, 0) is 54.7 Å². The third-order valence-corrected chi connectivity index (χ3v) is 5.16. The van der Waals surface area contributed by atoms with Gasteiger partial charge in [0.1, 0.15) is 5.82 Å². The highest BCUT2D eigenvalue weighted by molar-refractivity contribution is 7.99. The molecule has 2 N–H and O–H groups in total. The van der Waals surface area contributed by atoms with Crippen molar-refractivity contribution in [2.24, 2.45) is 0 Å². The molecule has 3 aromatic rings. The predicted molar refractivity (Wildman–Crippen MR) is 99.6 cm³/mol. The Kier molecular flexibility index (Phi) is 4.71. The van der Waals surface area contributed by atoms with Gasteiger partial charge in [0.25, 0.3) is 0 Å². The van der Waals surface area contributed by atoms with Gasteiger partial charge in [-0.25, -0.2) is 9.37 Å². The fraction of sp³-hybridized carbons (Fsp3) is 0.211. The Bertz CT molecular complexity index is 956. The second kappa shape index (κ2) is 7.29. The van der Waals surface area contributed by atoms with Gasteiger partial charge in [-0.1, -0.05) is 30.0 Å². The van der Waals surface area contributed by atoms with Crippen LogP contribution in [0.3, 0.4) is 0 Å². The van der Waals surface area contributed by atoms with Gasteiger partial charge in [0.2, 0.25) is 11.1 Å². The first-order valence-corrected chi connectivity index (χ1v) is 9.39. The minimum absolute atomic E-state index is 0.120. The van der Waals surface area contributed by atoms with Crippen molar-refractivity contribution in [3.63, 3.8) is 0 Å². The van der Waals surface area contributed by atoms with E-state index in [4.69, 9.17) is 0 Å². The largest absolute Gasteiger partial charge is 0.325 e. The number of aryl methyl sites for hydroxylation is 2. The topological polar surface area (TPSA) is 70.7 Å². The maximum absolute atomic E-state index is 13.8. The Morgan fingerprint density at radius 3 is 2.92 bits per heavy atom. The maximum atomic E-state index is 13.8. The lowest BCUT2D eigenvalue weighted by Gasteiger charge is -2.06. The molecule has 0 saturated heterocycles. The number of hydrogen-bond acceptors (Lipinski definition) is 4. The molecule has 0 saturated carbocycles. The zero-order chi connectivity index (χ0) is 17.9. The molecule has 1 amide bonds. The third kappa shape index (κ3) is 3.62. The second-order valence-electron chi connectivity index (χ2n) is 6.12. The van der Waals surface area contributed by atoms with Gasteiger partial charge in [-0.3, -0.25) is 9.89 Å². The van der Waals surface area contributed by atoms with Crippen molar-refractivity contribution in [1.82, 2.24) is 15.2 Å². The molecular formula is C19H17FN4OS. The molecule has 0 spiro atoms. The van der Waals surface area contributed by atoms with E-state index in [2.05, 4.69) is 26.6 Å². The molecule has 1 aromatic heterocycles. The molecule has 7 heteroatoms. The number of aromatic nitrogens is 3. The lowest BCUT2D eigenvalue weighted by Crippen LogP contribution is -2.14. The number of benzene rings is 2. The van der Waals surface area contributed by atoms with Gasteiger partial charge in [-0.15, -0.1) is 5.10 Å². The summed E-state index contributed by atoms with van der Waals surface area (Å²) in [4.78, 5) is 16.4. The van der Waals surface area contributed by atoms with Crippen LogP contribution in [0.2, 0.25) is 0 Å². The summed E-state index contributed by atoms with van der Waals surface area (Å²) < 4.78 is 13.8. The first-order valence-electron chi connectivity index (χ1n) is 8.41. The summed E-state index contributed by atoms with van der Waals surface area (Å²) in [5.74, 6) is 0.0513. The van der Waals surface area contributed by atoms with Crippen LogP contribution in [0.1, 0.15) is 17.5 Å². The highest BCUT2D eigenvalue weighted by Gasteiger charge is 2.14. The normalized spacial score (nSPS) is 12.8. The van der Waals surface area contributed by atoms with E-state index in [0.29, 0.717) is 16.5 Å². The molecule has 0 atom stereocenters. The summed E-state index contributed by atoms with van der Waals surface area (Å²) >= 11 is 1.21. The number of carbonyl (C=O) groups is 1. The van der Waals surface area contributed by atoms with Crippen LogP contribution >= 0.6 is 11.8 Å². The minimum Gasteiger partial charge on any atom is -0.325 e. The number of amides is 1. The first kappa shape index (κ1) is 16.8. The van der Waals surface area contributed by atoms with Crippen molar-refractivity contribution < 1.29 is 9.18 Å². The predicted octanol–water partition coefficient (Wildman–Crippen LogP) is 3.83. The molecule has 26 heavy (non-hydrogen) atoms. The third-order valence-electron chi connectivity index (χ3n) is 4.31. The molecule has 0 bridgehead atoms. The number of aromatic amines is 1. The molecule has 2 aromatic carbocycles. The molecular weight excluding hydrogens is 351 g/mol. The molecule has 1 heterocycles. The van der Waals surface area contributed by atoms with E-state index in [-0.39, 0.29) is 17.5 Å². The van der Waals surface area contributed by atoms with Crippen LogP contribution in [0.5, 0.6) is 0 Å². The first-order chi connectivity index (χ1) is 12.7. The van der Waals surface area contributed by atoms with Gasteiger partial charge in [0.05, 0.1) is 11.3 Å². The van der Waals surface area contributed by atoms with E-state index in [9.17, 15) is 9.18 Å². The number of thioether (sulfide) groups is 1. The Morgan fingerprint density at radius 1 is 1.19 bits per heavy atom. The highest BCUT2D eigenvalue weighted by atomic mass is 32.2. The molecule has 0 aliphatic heterocycles. The Balaban J connectivity index is 1.36. The Hall–Kier alpha value is -2.67. The number of anilines is 1. The van der Waals surface area contributed by atoms with E-state index < -0.39 is 0 Å². The Labute approximate surface area is 154 Å². The zero-order valence-corrected chi connectivity index (χ0v) is 14.8. The molecule has 4 rings (SSSR count). The molecule has 1 aliphatic carbocycles. The van der Waals surface area contributed by atoms with Crippen molar-refractivity contribution >= 4 is 23.4 Å². The van der Waals surface area contributed by atoms with Crippen molar-refractivity contribution in [2.45, 2.75) is 24.4 Å². The van der Waals surface area contributed by atoms with Crippen LogP contribution in [0, 0.1) is 5.82 Å². The van der Waals surface area contributed by atoms with E-state index >= 15 is 0 Å². The van der Waals surface area contributed by atoms with Gasteiger partial charge < -0.3 is 5.32 Å². The van der Waals surface area contributed by atoms with Crippen molar-refractivity contribution in [3.05, 3.63) is 59.4 Å². The summed E-state index contributed by atoms with van der Waals surface area (Å²) in [5.41, 5.74) is 3.87. The van der Waals surface area contributed by atoms with Crippen LogP contribution in [-0.4, -0.2) is 26.8 Å². The molecule has 1 aliphatic rings. The van der Waals surface area contributed by atoms with Gasteiger partial charge in [0.15, 0.2) is 5.82 Å². The molecule has 132 valence electrons. The number of nitrogens with zero attached hydrogens (tertiary/aromatic N) is 2. The lowest BCUT2D eigenvalue weighted by atomic mass is 10.1. The molecule has 0 fully saturated rings. The van der Waals surface area contributed by atoms with E-state index in [0.717, 1.165) is 18.5 Å². The standard InChI is InChI=1S/C19H17FN4OS/c20-16-7-2-1-6-15(16)18-22-19(24-23-18)26-11-17(25)21-14-9-8-12-4-3-5-13(12)10-14/h1-2,6-10H,3-5,11H2,(H,21,25)(H,22,23,24). The summed E-state index contributed by atoms with van der Waals surface area (Å²) in [6.07, 6.45) is 3.37. The fourth-order valence-electron chi connectivity index (χ4n) is 3.06. The maximum Gasteiger partial charge on any atom is 0.234 e. The summed E-state index contributed by atoms with van der Waals surface area (Å²) in [6, 6.07) is 12.4. The average Bonchev–Trinajstić information content (AvgIpc) is 3.29.